The van der Waals surface area contributed by atoms with E-state index in [0.29, 0.717) is 5.92 Å². The Hall–Kier alpha value is -2.28. The van der Waals surface area contributed by atoms with E-state index in [4.69, 9.17) is 9.62 Å². The highest BCUT2D eigenvalue weighted by molar-refractivity contribution is 5.37. The molecule has 1 aliphatic heterocycles. The molecule has 138 valence electrons. The highest BCUT2D eigenvalue weighted by Gasteiger charge is 2.26. The lowest BCUT2D eigenvalue weighted by molar-refractivity contribution is 0.196. The molecule has 0 aliphatic carbocycles. The second-order valence-electron chi connectivity index (χ2n) is 8.28. The Morgan fingerprint density at radius 2 is 1.92 bits per heavy atom. The van der Waals surface area contributed by atoms with Crippen LogP contribution in [-0.2, 0) is 12.0 Å². The van der Waals surface area contributed by atoms with E-state index in [1.807, 2.05) is 23.6 Å². The summed E-state index contributed by atoms with van der Waals surface area (Å²) < 4.78 is 7.11. The zero-order valence-corrected chi connectivity index (χ0v) is 15.9. The van der Waals surface area contributed by atoms with Gasteiger partial charge in [0.2, 0.25) is 0 Å². The molecule has 4 heterocycles. The molecule has 1 aliphatic rings. The van der Waals surface area contributed by atoms with E-state index in [1.165, 1.54) is 0 Å². The van der Waals surface area contributed by atoms with Gasteiger partial charge in [-0.15, -0.1) is 10.2 Å². The van der Waals surface area contributed by atoms with Gasteiger partial charge in [0.05, 0.1) is 11.4 Å². The maximum Gasteiger partial charge on any atom is 0.177 e. The van der Waals surface area contributed by atoms with Crippen LogP contribution in [0.4, 0.5) is 0 Å². The molecule has 1 fully saturated rings. The summed E-state index contributed by atoms with van der Waals surface area (Å²) in [5.41, 5.74) is 2.90. The highest BCUT2D eigenvalue weighted by atomic mass is 16.5. The Labute approximate surface area is 153 Å². The molecule has 4 rings (SSSR count). The largest absolute Gasteiger partial charge is 0.361 e. The fourth-order valence-corrected chi connectivity index (χ4v) is 3.53. The third-order valence-corrected chi connectivity index (χ3v) is 5.07. The van der Waals surface area contributed by atoms with Crippen LogP contribution in [0.1, 0.15) is 62.5 Å². The van der Waals surface area contributed by atoms with Crippen LogP contribution in [0, 0.1) is 6.92 Å². The van der Waals surface area contributed by atoms with E-state index in [-0.39, 0.29) is 5.41 Å². The Bertz CT molecular complexity index is 898. The van der Waals surface area contributed by atoms with E-state index in [9.17, 15) is 0 Å². The molecular formula is C19H26N6O. The van der Waals surface area contributed by atoms with Crippen molar-refractivity contribution in [2.24, 2.45) is 0 Å². The van der Waals surface area contributed by atoms with Crippen LogP contribution in [0.5, 0.6) is 0 Å². The van der Waals surface area contributed by atoms with E-state index in [2.05, 4.69) is 47.1 Å². The van der Waals surface area contributed by atoms with Gasteiger partial charge in [-0.2, -0.15) is 9.61 Å². The van der Waals surface area contributed by atoms with Crippen LogP contribution in [0.3, 0.4) is 0 Å². The van der Waals surface area contributed by atoms with Crippen LogP contribution < -0.4 is 0 Å². The first-order valence-electron chi connectivity index (χ1n) is 9.27. The van der Waals surface area contributed by atoms with Gasteiger partial charge < -0.3 is 4.52 Å². The summed E-state index contributed by atoms with van der Waals surface area (Å²) in [6.07, 6.45) is 2.11. The number of hydrogen-bond acceptors (Lipinski definition) is 6. The maximum absolute atomic E-state index is 5.17. The van der Waals surface area contributed by atoms with Gasteiger partial charge in [-0.3, -0.25) is 4.90 Å². The van der Waals surface area contributed by atoms with Crippen molar-refractivity contribution < 1.29 is 4.52 Å². The quantitative estimate of drug-likeness (QED) is 0.720. The van der Waals surface area contributed by atoms with Gasteiger partial charge in [0, 0.05) is 23.9 Å². The van der Waals surface area contributed by atoms with Crippen molar-refractivity contribution in [2.45, 2.75) is 58.4 Å². The number of aromatic nitrogens is 5. The molecule has 0 unspecified atom stereocenters. The Morgan fingerprint density at radius 1 is 1.15 bits per heavy atom. The van der Waals surface area contributed by atoms with Gasteiger partial charge in [0.1, 0.15) is 5.76 Å². The average Bonchev–Trinajstić information content (AvgIpc) is 3.20. The zero-order valence-electron chi connectivity index (χ0n) is 15.9. The number of likely N-dealkylation sites (tertiary alicyclic amines) is 1. The number of aryl methyl sites for hydroxylation is 1. The minimum Gasteiger partial charge on any atom is -0.361 e. The fourth-order valence-electron chi connectivity index (χ4n) is 3.53. The topological polar surface area (TPSA) is 72.4 Å². The molecular weight excluding hydrogens is 328 g/mol. The van der Waals surface area contributed by atoms with Gasteiger partial charge >= 0.3 is 0 Å². The van der Waals surface area contributed by atoms with Crippen LogP contribution in [-0.4, -0.2) is 43.0 Å². The molecule has 0 spiro atoms. The van der Waals surface area contributed by atoms with Crippen molar-refractivity contribution in [1.29, 1.82) is 0 Å². The molecule has 0 atom stereocenters. The van der Waals surface area contributed by atoms with Gasteiger partial charge in [-0.1, -0.05) is 25.9 Å². The van der Waals surface area contributed by atoms with Crippen molar-refractivity contribution >= 4 is 5.65 Å². The minimum absolute atomic E-state index is 0.00875. The van der Waals surface area contributed by atoms with Gasteiger partial charge in [-0.25, -0.2) is 0 Å². The standard InChI is InChI=1S/C19H26N6O/c1-13-11-15(23-26-13)12-24-9-7-14(8-10-24)18-21-20-17-6-5-16(19(2,3)4)22-25(17)18/h5-6,11,14H,7-10,12H2,1-4H3. The lowest BCUT2D eigenvalue weighted by Crippen LogP contribution is -2.33. The summed E-state index contributed by atoms with van der Waals surface area (Å²) in [5.74, 6) is 2.25. The smallest absolute Gasteiger partial charge is 0.177 e. The number of hydrogen-bond donors (Lipinski definition) is 0. The molecule has 1 saturated heterocycles. The molecule has 0 amide bonds. The van der Waals surface area contributed by atoms with Crippen LogP contribution in [0.2, 0.25) is 0 Å². The molecule has 0 radical (unpaired) electrons. The van der Waals surface area contributed by atoms with Crippen LogP contribution in [0.25, 0.3) is 5.65 Å². The first kappa shape index (κ1) is 17.1. The predicted octanol–water partition coefficient (Wildman–Crippen LogP) is 3.10. The molecule has 0 aromatic carbocycles. The van der Waals surface area contributed by atoms with Crippen molar-refractivity contribution in [2.75, 3.05) is 13.1 Å². The molecule has 0 N–H and O–H groups in total. The third kappa shape index (κ3) is 3.35. The van der Waals surface area contributed by atoms with Crippen molar-refractivity contribution in [3.8, 4) is 0 Å². The van der Waals surface area contributed by atoms with E-state index < -0.39 is 0 Å². The Morgan fingerprint density at radius 3 is 2.58 bits per heavy atom. The van der Waals surface area contributed by atoms with Gasteiger partial charge in [-0.05, 0) is 45.0 Å². The van der Waals surface area contributed by atoms with Crippen molar-refractivity contribution in [1.82, 2.24) is 29.9 Å². The maximum atomic E-state index is 5.17. The molecule has 0 saturated carbocycles. The summed E-state index contributed by atoms with van der Waals surface area (Å²) in [6.45, 7) is 11.3. The summed E-state index contributed by atoms with van der Waals surface area (Å²) in [4.78, 5) is 2.42. The molecule has 7 heteroatoms. The molecule has 3 aromatic rings. The number of nitrogens with zero attached hydrogens (tertiary/aromatic N) is 6. The fraction of sp³-hybridized carbons (Fsp3) is 0.579. The first-order chi connectivity index (χ1) is 12.4. The Balaban J connectivity index is 1.49. The number of piperidine rings is 1. The van der Waals surface area contributed by atoms with Crippen LogP contribution >= 0.6 is 0 Å². The highest BCUT2D eigenvalue weighted by Crippen LogP contribution is 2.28. The molecule has 26 heavy (non-hydrogen) atoms. The van der Waals surface area contributed by atoms with E-state index >= 15 is 0 Å². The normalized spacial score (nSPS) is 17.2. The van der Waals surface area contributed by atoms with E-state index in [1.54, 1.807) is 0 Å². The first-order valence-corrected chi connectivity index (χ1v) is 9.27. The third-order valence-electron chi connectivity index (χ3n) is 5.07. The van der Waals surface area contributed by atoms with Crippen LogP contribution in [0.15, 0.2) is 22.7 Å². The van der Waals surface area contributed by atoms with Crippen molar-refractivity contribution in [3.63, 3.8) is 0 Å². The lowest BCUT2D eigenvalue weighted by atomic mass is 9.92. The molecule has 3 aromatic heterocycles. The summed E-state index contributed by atoms with van der Waals surface area (Å²) in [6, 6.07) is 6.08. The summed E-state index contributed by atoms with van der Waals surface area (Å²) in [7, 11) is 0. The Kier molecular flexibility index (Phi) is 4.26. The summed E-state index contributed by atoms with van der Waals surface area (Å²) >= 11 is 0. The minimum atomic E-state index is 0.00875. The number of fused-ring (bicyclic) bond motifs is 1. The lowest BCUT2D eigenvalue weighted by Gasteiger charge is -2.30. The molecule has 0 bridgehead atoms. The van der Waals surface area contributed by atoms with Gasteiger partial charge in [0.15, 0.2) is 11.5 Å². The summed E-state index contributed by atoms with van der Waals surface area (Å²) in [5, 5.41) is 17.7. The second-order valence-corrected chi connectivity index (χ2v) is 8.28. The van der Waals surface area contributed by atoms with Crippen molar-refractivity contribution in [3.05, 3.63) is 41.2 Å². The van der Waals surface area contributed by atoms with E-state index in [0.717, 1.165) is 61.1 Å². The average molecular weight is 354 g/mol. The van der Waals surface area contributed by atoms with Gasteiger partial charge in [0.25, 0.3) is 0 Å². The molecule has 7 nitrogen and oxygen atoms in total. The zero-order chi connectivity index (χ0) is 18.3. The second kappa shape index (κ2) is 6.46. The predicted molar refractivity (Wildman–Crippen MR) is 98.0 cm³/mol. The monoisotopic (exact) mass is 354 g/mol. The SMILES string of the molecule is Cc1cc(CN2CCC(c3nnc4ccc(C(C)(C)C)nn34)CC2)no1. The number of rotatable bonds is 3.